The fourth-order valence-corrected chi connectivity index (χ4v) is 0. The van der Waals surface area contributed by atoms with Gasteiger partial charge in [-0.2, -0.15) is 7.82 Å². The van der Waals surface area contributed by atoms with Crippen molar-refractivity contribution < 1.29 is 126 Å². The van der Waals surface area contributed by atoms with E-state index in [1.165, 1.54) is 0 Å². The molecule has 0 aliphatic heterocycles. The van der Waals surface area contributed by atoms with Crippen molar-refractivity contribution in [3.63, 3.8) is 0 Å². The molecule has 1 radical (unpaired) electrons. The van der Waals surface area contributed by atoms with Gasteiger partial charge in [0.05, 0.1) is 0 Å². The van der Waals surface area contributed by atoms with Gasteiger partial charge in [0.25, 0.3) is 0 Å². The van der Waals surface area contributed by atoms with Gasteiger partial charge < -0.3 is 19.2 Å². The summed E-state index contributed by atoms with van der Waals surface area (Å²) in [6.45, 7) is 0. The van der Waals surface area contributed by atoms with E-state index in [2.05, 4.69) is 0 Å². The Morgan fingerprint density at radius 1 is 0.889 bits per heavy atom. The van der Waals surface area contributed by atoms with Crippen LogP contribution < -0.4 is 103 Å². The Labute approximate surface area is 132 Å². The van der Waals surface area contributed by atoms with Crippen LogP contribution in [0.3, 0.4) is 0 Å². The van der Waals surface area contributed by atoms with E-state index in [0.29, 0.717) is 0 Å². The van der Waals surface area contributed by atoms with Gasteiger partial charge in [0.15, 0.2) is 0 Å². The molecule has 0 saturated carbocycles. The molecule has 0 heterocycles. The smallest absolute Gasteiger partial charge is 0.822 e. The minimum absolute atomic E-state index is 0. The van der Waals surface area contributed by atoms with E-state index >= 15 is 0 Å². The topological polar surface area (TPSA) is 86.2 Å². The largest absolute Gasteiger partial charge is 1.00 e. The Hall–Kier alpha value is 3.69. The molecule has 9 heavy (non-hydrogen) atoms. The molecule has 0 rings (SSSR count). The van der Waals surface area contributed by atoms with Crippen LogP contribution in [0.15, 0.2) is 0 Å². The van der Waals surface area contributed by atoms with E-state index in [-0.39, 0.29) is 107 Å². The van der Waals surface area contributed by atoms with Crippen LogP contribution in [0.25, 0.3) is 0 Å². The Kier molecular flexibility index (Phi) is 46.4. The van der Waals surface area contributed by atoms with E-state index < -0.39 is 7.82 Å². The second kappa shape index (κ2) is 14.2. The zero-order valence-electron chi connectivity index (χ0n) is 5.53. The minimum atomic E-state index is -5.39. The third-order valence-electron chi connectivity index (χ3n) is 0. The van der Waals surface area contributed by atoms with Crippen LogP contribution in [0.1, 0.15) is 0 Å². The average molecular weight is 215 g/mol. The van der Waals surface area contributed by atoms with Crippen molar-refractivity contribution in [1.29, 1.82) is 0 Å². The molecule has 4 nitrogen and oxygen atoms in total. The van der Waals surface area contributed by atoms with Crippen LogP contribution in [-0.4, -0.2) is 0 Å². The SMILES string of the molecule is O=P([O-])([O-])[O-].[Na+].[Na+].[Na+].[V]. The third-order valence-corrected chi connectivity index (χ3v) is 0. The van der Waals surface area contributed by atoms with Crippen molar-refractivity contribution in [2.75, 3.05) is 0 Å². The molecule has 0 saturated heterocycles. The second-order valence-corrected chi connectivity index (χ2v) is 1.34. The molecule has 0 fully saturated rings. The van der Waals surface area contributed by atoms with Crippen LogP contribution in [0.5, 0.6) is 0 Å². The van der Waals surface area contributed by atoms with Crippen molar-refractivity contribution in [3.05, 3.63) is 0 Å². The maximum atomic E-state index is 8.55. The minimum Gasteiger partial charge on any atom is -0.822 e. The molecule has 0 spiro atoms. The molecule has 0 bridgehead atoms. The van der Waals surface area contributed by atoms with Crippen LogP contribution in [-0.2, 0) is 23.1 Å². The van der Waals surface area contributed by atoms with E-state index in [9.17, 15) is 0 Å². The molecule has 0 aromatic rings. The average Bonchev–Trinajstić information content (AvgIpc) is 0.722. The fraction of sp³-hybridized carbons (Fsp3) is 0. The Balaban J connectivity index is -0.0000000133. The molecule has 0 aliphatic rings. The Morgan fingerprint density at radius 3 is 0.889 bits per heavy atom. The molecule has 0 unspecified atom stereocenters. The van der Waals surface area contributed by atoms with Gasteiger partial charge in [0, 0.05) is 18.6 Å². The normalized spacial score (nSPS) is 6.56. The molecule has 0 aromatic carbocycles. The first kappa shape index (κ1) is 29.3. The summed E-state index contributed by atoms with van der Waals surface area (Å²) in [5.74, 6) is 0. The van der Waals surface area contributed by atoms with Crippen LogP contribution in [0.4, 0.5) is 0 Å². The van der Waals surface area contributed by atoms with Gasteiger partial charge in [-0.1, -0.05) is 0 Å². The van der Waals surface area contributed by atoms with Crippen LogP contribution >= 0.6 is 7.82 Å². The van der Waals surface area contributed by atoms with Gasteiger partial charge in [-0.15, -0.1) is 0 Å². The first-order chi connectivity index (χ1) is 2.00. The van der Waals surface area contributed by atoms with Gasteiger partial charge in [-0.3, -0.25) is 0 Å². The van der Waals surface area contributed by atoms with Crippen molar-refractivity contribution in [2.24, 2.45) is 0 Å². The van der Waals surface area contributed by atoms with Crippen molar-refractivity contribution >= 4 is 7.82 Å². The van der Waals surface area contributed by atoms with E-state index in [4.69, 9.17) is 19.2 Å². The maximum Gasteiger partial charge on any atom is 1.00 e. The number of phosphoric acid groups is 1. The summed E-state index contributed by atoms with van der Waals surface area (Å²) in [6, 6.07) is 0. The Bertz CT molecular complexity index is 61.9. The number of hydrogen-bond acceptors (Lipinski definition) is 4. The third kappa shape index (κ3) is 80.5. The maximum absolute atomic E-state index is 8.55. The molecule has 0 aliphatic carbocycles. The van der Waals surface area contributed by atoms with E-state index in [1.54, 1.807) is 0 Å². The van der Waals surface area contributed by atoms with Gasteiger partial charge in [-0.05, 0) is 0 Å². The summed E-state index contributed by atoms with van der Waals surface area (Å²) < 4.78 is 8.55. The molecule has 0 atom stereocenters. The molecule has 0 aromatic heterocycles. The Morgan fingerprint density at radius 2 is 0.889 bits per heavy atom. The summed E-state index contributed by atoms with van der Waals surface area (Å²) in [5.41, 5.74) is 0. The predicted molar refractivity (Wildman–Crippen MR) is 7.61 cm³/mol. The number of hydrogen-bond donors (Lipinski definition) is 0. The standard InChI is InChI=1S/3Na.H3O4P.V/c;;;1-5(2,3)4;/h;;;(H3,1,2,3,4);/q3*+1;;/p-3. The van der Waals surface area contributed by atoms with Gasteiger partial charge >= 0.3 is 88.7 Å². The zero-order valence-corrected chi connectivity index (χ0v) is 13.8. The second-order valence-electron chi connectivity index (χ2n) is 0.447. The summed E-state index contributed by atoms with van der Waals surface area (Å²) in [7, 11) is -5.39. The molecule has 9 heteroatoms. The van der Waals surface area contributed by atoms with Crippen molar-refractivity contribution in [3.8, 4) is 0 Å². The van der Waals surface area contributed by atoms with Crippen LogP contribution in [0, 0.1) is 0 Å². The summed E-state index contributed by atoms with van der Waals surface area (Å²) in [4.78, 5) is 25.6. The molecule has 0 amide bonds. The number of rotatable bonds is 0. The quantitative estimate of drug-likeness (QED) is 0.296. The van der Waals surface area contributed by atoms with Gasteiger partial charge in [-0.25, -0.2) is 0 Å². The van der Waals surface area contributed by atoms with Gasteiger partial charge in [0.1, 0.15) is 0 Å². The molecular formula is Na3O4PV. The van der Waals surface area contributed by atoms with Crippen molar-refractivity contribution in [1.82, 2.24) is 0 Å². The molecule has 37 valence electrons. The summed E-state index contributed by atoms with van der Waals surface area (Å²) >= 11 is 0. The first-order valence-electron chi connectivity index (χ1n) is 0.730. The summed E-state index contributed by atoms with van der Waals surface area (Å²) in [5, 5.41) is 0. The van der Waals surface area contributed by atoms with Crippen LogP contribution in [0.2, 0.25) is 0 Å². The zero-order chi connectivity index (χ0) is 4.50. The summed E-state index contributed by atoms with van der Waals surface area (Å²) in [6.07, 6.45) is 0. The monoisotopic (exact) mass is 215 g/mol. The fourth-order valence-electron chi connectivity index (χ4n) is 0. The first-order valence-corrected chi connectivity index (χ1v) is 2.19. The van der Waals surface area contributed by atoms with Gasteiger partial charge in [0.2, 0.25) is 0 Å². The predicted octanol–water partition coefficient (Wildman–Crippen LogP) is -11.8. The van der Waals surface area contributed by atoms with Crippen molar-refractivity contribution in [2.45, 2.75) is 0 Å². The molecular weight excluding hydrogens is 215 g/mol. The van der Waals surface area contributed by atoms with E-state index in [0.717, 1.165) is 0 Å². The molecule has 0 N–H and O–H groups in total. The van der Waals surface area contributed by atoms with E-state index in [1.807, 2.05) is 0 Å².